The molecule has 0 saturated carbocycles. The lowest BCUT2D eigenvalue weighted by molar-refractivity contribution is 0.305. The van der Waals surface area contributed by atoms with E-state index >= 15 is 0 Å². The van der Waals surface area contributed by atoms with E-state index in [1.54, 1.807) is 12.3 Å². The molecule has 5 nitrogen and oxygen atoms in total. The molecule has 0 aliphatic rings. The van der Waals surface area contributed by atoms with Crippen LogP contribution in [0.4, 0.5) is 4.39 Å². The summed E-state index contributed by atoms with van der Waals surface area (Å²) in [6.07, 6.45) is 2.64. The summed E-state index contributed by atoms with van der Waals surface area (Å²) in [7, 11) is 0. The minimum Gasteiger partial charge on any atom is -0.489 e. The van der Waals surface area contributed by atoms with Crippen molar-refractivity contribution in [3.05, 3.63) is 95.6 Å². The van der Waals surface area contributed by atoms with Gasteiger partial charge in [0.05, 0.1) is 6.54 Å². The minimum atomic E-state index is -0.255. The standard InChI is InChI=1S/C24H27FN4O/c1-2-26-24(28-15-13-22-8-3-4-14-27-22)29-17-19-9-11-23(12-10-19)30-18-20-6-5-7-21(25)16-20/h3-12,14,16H,2,13,15,17-18H2,1H3,(H2,26,28,29). The molecule has 30 heavy (non-hydrogen) atoms. The summed E-state index contributed by atoms with van der Waals surface area (Å²) in [5, 5.41) is 6.59. The number of hydrogen-bond donors (Lipinski definition) is 2. The molecule has 0 spiro atoms. The normalized spacial score (nSPS) is 11.2. The van der Waals surface area contributed by atoms with Crippen molar-refractivity contribution in [2.45, 2.75) is 26.5 Å². The number of hydrogen-bond acceptors (Lipinski definition) is 3. The molecule has 156 valence electrons. The number of ether oxygens (including phenoxy) is 1. The molecule has 0 radical (unpaired) electrons. The zero-order valence-corrected chi connectivity index (χ0v) is 17.1. The highest BCUT2D eigenvalue weighted by Crippen LogP contribution is 2.15. The van der Waals surface area contributed by atoms with Crippen LogP contribution in [0.5, 0.6) is 5.75 Å². The average molecular weight is 407 g/mol. The molecule has 3 rings (SSSR count). The SMILES string of the molecule is CCNC(=NCc1ccc(OCc2cccc(F)c2)cc1)NCCc1ccccn1. The maximum atomic E-state index is 13.2. The predicted octanol–water partition coefficient (Wildman–Crippen LogP) is 4.10. The van der Waals surface area contributed by atoms with Crippen molar-refractivity contribution >= 4 is 5.96 Å². The van der Waals surface area contributed by atoms with Gasteiger partial charge < -0.3 is 15.4 Å². The van der Waals surface area contributed by atoms with Crippen LogP contribution >= 0.6 is 0 Å². The van der Waals surface area contributed by atoms with Crippen LogP contribution in [-0.2, 0) is 19.6 Å². The summed E-state index contributed by atoms with van der Waals surface area (Å²) in [5.41, 5.74) is 2.93. The quantitative estimate of drug-likeness (QED) is 0.415. The van der Waals surface area contributed by atoms with Crippen LogP contribution in [0.3, 0.4) is 0 Å². The van der Waals surface area contributed by atoms with E-state index in [2.05, 4.69) is 20.6 Å². The molecule has 0 atom stereocenters. The van der Waals surface area contributed by atoms with Crippen LogP contribution in [0.15, 0.2) is 77.9 Å². The van der Waals surface area contributed by atoms with Gasteiger partial charge in [0.2, 0.25) is 0 Å². The first-order valence-corrected chi connectivity index (χ1v) is 10.1. The second-order valence-electron chi connectivity index (χ2n) is 6.76. The van der Waals surface area contributed by atoms with Crippen LogP contribution in [0.1, 0.15) is 23.7 Å². The lowest BCUT2D eigenvalue weighted by atomic mass is 10.2. The van der Waals surface area contributed by atoms with Gasteiger partial charge in [0.1, 0.15) is 18.2 Å². The van der Waals surface area contributed by atoms with Crippen LogP contribution in [0.25, 0.3) is 0 Å². The number of aliphatic imine (C=N–C) groups is 1. The highest BCUT2D eigenvalue weighted by molar-refractivity contribution is 5.79. The van der Waals surface area contributed by atoms with Crippen molar-refractivity contribution in [3.63, 3.8) is 0 Å². The van der Waals surface area contributed by atoms with Crippen LogP contribution in [0.2, 0.25) is 0 Å². The van der Waals surface area contributed by atoms with E-state index in [1.807, 2.05) is 55.5 Å². The number of nitrogens with zero attached hydrogens (tertiary/aromatic N) is 2. The molecule has 1 aromatic heterocycles. The Hall–Kier alpha value is -3.41. The van der Waals surface area contributed by atoms with Gasteiger partial charge in [-0.2, -0.15) is 0 Å². The maximum absolute atomic E-state index is 13.2. The van der Waals surface area contributed by atoms with E-state index in [0.717, 1.165) is 48.0 Å². The Morgan fingerprint density at radius 2 is 1.87 bits per heavy atom. The fraction of sp³-hybridized carbons (Fsp3) is 0.250. The Kier molecular flexibility index (Phi) is 8.21. The molecule has 3 aromatic rings. The summed E-state index contributed by atoms with van der Waals surface area (Å²) in [6, 6.07) is 20.1. The Labute approximate surface area is 177 Å². The molecular weight excluding hydrogens is 379 g/mol. The summed E-state index contributed by atoms with van der Waals surface area (Å²) in [5.74, 6) is 1.27. The van der Waals surface area contributed by atoms with Gasteiger partial charge in [0, 0.05) is 31.4 Å². The summed E-state index contributed by atoms with van der Waals surface area (Å²) in [4.78, 5) is 8.97. The first kappa shape index (κ1) is 21.3. The Bertz CT molecular complexity index is 929. The molecular formula is C24H27FN4O. The Morgan fingerprint density at radius 3 is 2.60 bits per heavy atom. The number of benzene rings is 2. The van der Waals surface area contributed by atoms with Gasteiger partial charge in [0.25, 0.3) is 0 Å². The number of nitrogens with one attached hydrogen (secondary N) is 2. The summed E-state index contributed by atoms with van der Waals surface area (Å²) >= 11 is 0. The molecule has 0 amide bonds. The highest BCUT2D eigenvalue weighted by atomic mass is 19.1. The molecule has 0 aliphatic carbocycles. The lowest BCUT2D eigenvalue weighted by Gasteiger charge is -2.11. The molecule has 6 heteroatoms. The topological polar surface area (TPSA) is 58.5 Å². The first-order chi connectivity index (χ1) is 14.7. The third kappa shape index (κ3) is 7.20. The molecule has 2 N–H and O–H groups in total. The Morgan fingerprint density at radius 1 is 1.00 bits per heavy atom. The zero-order valence-electron chi connectivity index (χ0n) is 17.1. The average Bonchev–Trinajstić information content (AvgIpc) is 2.77. The van der Waals surface area contributed by atoms with Crippen molar-refractivity contribution in [1.82, 2.24) is 15.6 Å². The Balaban J connectivity index is 1.48. The molecule has 0 aliphatic heterocycles. The van der Waals surface area contributed by atoms with Gasteiger partial charge in [-0.1, -0.05) is 30.3 Å². The largest absolute Gasteiger partial charge is 0.489 e. The number of pyridine rings is 1. The fourth-order valence-corrected chi connectivity index (χ4v) is 2.85. The molecule has 2 aromatic carbocycles. The van der Waals surface area contributed by atoms with E-state index in [0.29, 0.717) is 13.2 Å². The van der Waals surface area contributed by atoms with Gasteiger partial charge in [-0.05, 0) is 54.4 Å². The van der Waals surface area contributed by atoms with Crippen molar-refractivity contribution in [2.24, 2.45) is 4.99 Å². The van der Waals surface area contributed by atoms with Gasteiger partial charge in [-0.25, -0.2) is 9.38 Å². The number of rotatable bonds is 9. The van der Waals surface area contributed by atoms with Crippen LogP contribution in [0, 0.1) is 5.82 Å². The van der Waals surface area contributed by atoms with E-state index in [1.165, 1.54) is 12.1 Å². The summed E-state index contributed by atoms with van der Waals surface area (Å²) < 4.78 is 19.0. The third-order valence-electron chi connectivity index (χ3n) is 4.38. The van der Waals surface area contributed by atoms with Crippen molar-refractivity contribution < 1.29 is 9.13 Å². The third-order valence-corrected chi connectivity index (χ3v) is 4.38. The van der Waals surface area contributed by atoms with E-state index in [9.17, 15) is 4.39 Å². The van der Waals surface area contributed by atoms with Gasteiger partial charge in [0.15, 0.2) is 5.96 Å². The minimum absolute atomic E-state index is 0.255. The van der Waals surface area contributed by atoms with Gasteiger partial charge in [-0.3, -0.25) is 4.98 Å². The zero-order chi connectivity index (χ0) is 21.0. The van der Waals surface area contributed by atoms with E-state index < -0.39 is 0 Å². The lowest BCUT2D eigenvalue weighted by Crippen LogP contribution is -2.38. The number of halogens is 1. The van der Waals surface area contributed by atoms with Gasteiger partial charge >= 0.3 is 0 Å². The molecule has 1 heterocycles. The number of guanidine groups is 1. The van der Waals surface area contributed by atoms with Gasteiger partial charge in [-0.15, -0.1) is 0 Å². The van der Waals surface area contributed by atoms with Crippen molar-refractivity contribution in [1.29, 1.82) is 0 Å². The highest BCUT2D eigenvalue weighted by Gasteiger charge is 2.01. The molecule has 0 unspecified atom stereocenters. The molecule has 0 saturated heterocycles. The monoisotopic (exact) mass is 406 g/mol. The van der Waals surface area contributed by atoms with Crippen molar-refractivity contribution in [3.8, 4) is 5.75 Å². The van der Waals surface area contributed by atoms with E-state index in [-0.39, 0.29) is 5.82 Å². The fourth-order valence-electron chi connectivity index (χ4n) is 2.85. The van der Waals surface area contributed by atoms with Crippen LogP contribution < -0.4 is 15.4 Å². The second-order valence-corrected chi connectivity index (χ2v) is 6.76. The van der Waals surface area contributed by atoms with Crippen molar-refractivity contribution in [2.75, 3.05) is 13.1 Å². The molecule has 0 fully saturated rings. The van der Waals surface area contributed by atoms with E-state index in [4.69, 9.17) is 4.74 Å². The first-order valence-electron chi connectivity index (χ1n) is 10.1. The van der Waals surface area contributed by atoms with Crippen LogP contribution in [-0.4, -0.2) is 24.0 Å². The predicted molar refractivity (Wildman–Crippen MR) is 118 cm³/mol. The smallest absolute Gasteiger partial charge is 0.191 e. The second kappa shape index (κ2) is 11.6. The maximum Gasteiger partial charge on any atom is 0.191 e. The summed E-state index contributed by atoms with van der Waals surface area (Å²) in [6.45, 7) is 4.49. The molecule has 0 bridgehead atoms. The number of aromatic nitrogens is 1.